The van der Waals surface area contributed by atoms with E-state index in [1.807, 2.05) is 30.3 Å². The van der Waals surface area contributed by atoms with Gasteiger partial charge in [-0.05, 0) is 67.7 Å². The maximum atomic E-state index is 13.8. The van der Waals surface area contributed by atoms with Crippen molar-refractivity contribution < 1.29 is 53.4 Å². The fourth-order valence-corrected chi connectivity index (χ4v) is 8.55. The summed E-state index contributed by atoms with van der Waals surface area (Å²) in [7, 11) is 0. The number of aliphatic hydroxyl groups excluding tert-OH is 2. The van der Waals surface area contributed by atoms with Crippen LogP contribution in [0.4, 0.5) is 0 Å². The Bertz CT molecular complexity index is 1740. The Morgan fingerprint density at radius 1 is 0.882 bits per heavy atom. The second-order valence-electron chi connectivity index (χ2n) is 14.4. The van der Waals surface area contributed by atoms with Crippen molar-refractivity contribution in [1.82, 2.24) is 0 Å². The molecule has 0 radical (unpaired) electrons. The number of esters is 4. The van der Waals surface area contributed by atoms with Gasteiger partial charge in [-0.25, -0.2) is 9.59 Å². The molecule has 0 aliphatic heterocycles. The molecule has 11 heteroatoms. The van der Waals surface area contributed by atoms with Gasteiger partial charge in [0, 0.05) is 32.3 Å². The minimum Gasteiger partial charge on any atom is -0.462 e. The fraction of sp³-hybridized carbons (Fsp3) is 0.450. The van der Waals surface area contributed by atoms with E-state index in [4.69, 9.17) is 18.9 Å². The molecule has 272 valence electrons. The molecule has 9 atom stereocenters. The first kappa shape index (κ1) is 37.7. The molecule has 3 aliphatic carbocycles. The van der Waals surface area contributed by atoms with E-state index < -0.39 is 82.8 Å². The van der Waals surface area contributed by atoms with Crippen molar-refractivity contribution in [2.24, 2.45) is 16.7 Å². The van der Waals surface area contributed by atoms with Crippen molar-refractivity contribution in [2.45, 2.75) is 96.6 Å². The normalized spacial score (nSPS) is 32.0. The van der Waals surface area contributed by atoms with Crippen LogP contribution in [-0.2, 0) is 33.3 Å². The van der Waals surface area contributed by atoms with E-state index in [1.165, 1.54) is 33.8 Å². The summed E-state index contributed by atoms with van der Waals surface area (Å²) < 4.78 is 24.3. The van der Waals surface area contributed by atoms with Crippen molar-refractivity contribution >= 4 is 30.0 Å². The molecule has 5 rings (SSSR count). The second-order valence-corrected chi connectivity index (χ2v) is 14.4. The van der Waals surface area contributed by atoms with Gasteiger partial charge in [-0.2, -0.15) is 0 Å². The van der Waals surface area contributed by atoms with E-state index in [1.54, 1.807) is 50.3 Å². The predicted octanol–water partition coefficient (Wildman–Crippen LogP) is 4.50. The molecular formula is C40H46O11. The van der Waals surface area contributed by atoms with Crippen LogP contribution in [0, 0.1) is 16.7 Å². The Hall–Kier alpha value is -4.58. The SMILES string of the molecule is C=C1[C@@H](OC(=O)/C=C/c2ccccc2)C[C@H](OC(C)=O)[C@@]2(C)[C@@H](OC(=O)c3ccccc3)[C@H](O)C3=C(C)[C@@H](O)C[C@@]3(C(C)(C)O)[C@@H](OC(C)=O)[C@H]12. The second kappa shape index (κ2) is 14.2. The highest BCUT2D eigenvalue weighted by molar-refractivity contribution is 5.89. The van der Waals surface area contributed by atoms with Crippen LogP contribution in [0.3, 0.4) is 0 Å². The number of aliphatic hydroxyl groups is 3. The average Bonchev–Trinajstić information content (AvgIpc) is 3.32. The molecule has 2 saturated carbocycles. The lowest BCUT2D eigenvalue weighted by atomic mass is 9.54. The first-order chi connectivity index (χ1) is 23.9. The molecule has 0 aromatic heterocycles. The van der Waals surface area contributed by atoms with Crippen molar-refractivity contribution in [3.8, 4) is 0 Å². The molecule has 2 aromatic rings. The van der Waals surface area contributed by atoms with Crippen molar-refractivity contribution in [3.05, 3.63) is 101 Å². The first-order valence-corrected chi connectivity index (χ1v) is 17.0. The van der Waals surface area contributed by atoms with Crippen LogP contribution in [0.15, 0.2) is 90.0 Å². The summed E-state index contributed by atoms with van der Waals surface area (Å²) in [6.07, 6.45) is -5.66. The minimum absolute atomic E-state index is 0.129. The van der Waals surface area contributed by atoms with Crippen molar-refractivity contribution in [3.63, 3.8) is 0 Å². The largest absolute Gasteiger partial charge is 0.462 e. The molecule has 0 heterocycles. The monoisotopic (exact) mass is 702 g/mol. The zero-order chi connectivity index (χ0) is 37.5. The van der Waals surface area contributed by atoms with E-state index in [0.717, 1.165) is 5.56 Å². The lowest BCUT2D eigenvalue weighted by Gasteiger charge is -2.56. The summed E-state index contributed by atoms with van der Waals surface area (Å²) in [6, 6.07) is 17.2. The summed E-state index contributed by atoms with van der Waals surface area (Å²) in [5.41, 5.74) is -3.53. The van der Waals surface area contributed by atoms with Crippen molar-refractivity contribution in [1.29, 1.82) is 0 Å². The third kappa shape index (κ3) is 6.78. The molecule has 0 spiro atoms. The highest BCUT2D eigenvalue weighted by atomic mass is 16.6. The number of ether oxygens (including phenoxy) is 4. The zero-order valence-corrected chi connectivity index (χ0v) is 29.7. The van der Waals surface area contributed by atoms with Gasteiger partial charge in [0.25, 0.3) is 0 Å². The highest BCUT2D eigenvalue weighted by Crippen LogP contribution is 2.65. The van der Waals surface area contributed by atoms with Crippen LogP contribution in [0.2, 0.25) is 0 Å². The van der Waals surface area contributed by atoms with Gasteiger partial charge in [0.1, 0.15) is 30.5 Å². The lowest BCUT2D eigenvalue weighted by Crippen LogP contribution is -2.64. The molecule has 0 bridgehead atoms. The van der Waals surface area contributed by atoms with Gasteiger partial charge >= 0.3 is 23.9 Å². The Morgan fingerprint density at radius 2 is 1.47 bits per heavy atom. The van der Waals surface area contributed by atoms with Crippen LogP contribution in [0.25, 0.3) is 6.08 Å². The number of benzene rings is 2. The van der Waals surface area contributed by atoms with Gasteiger partial charge in [-0.3, -0.25) is 9.59 Å². The van der Waals surface area contributed by atoms with E-state index in [9.17, 15) is 34.5 Å². The maximum absolute atomic E-state index is 13.8. The Balaban J connectivity index is 1.74. The Labute approximate surface area is 297 Å². The molecule has 0 saturated heterocycles. The molecule has 3 aliphatic rings. The maximum Gasteiger partial charge on any atom is 0.338 e. The summed E-state index contributed by atoms with van der Waals surface area (Å²) in [5, 5.41) is 36.0. The zero-order valence-electron chi connectivity index (χ0n) is 29.7. The van der Waals surface area contributed by atoms with E-state index in [-0.39, 0.29) is 29.6 Å². The number of fused-ring (bicyclic) bond motifs is 2. The molecule has 0 amide bonds. The van der Waals surface area contributed by atoms with Gasteiger partial charge in [0.15, 0.2) is 0 Å². The number of carbonyl (C=O) groups is 4. The molecule has 3 N–H and O–H groups in total. The molecule has 2 aromatic carbocycles. The standard InChI is InChI=1S/C40H46O11/c1-22-28(43)21-40(38(5,6)47)32(22)34(45)36(51-37(46)27-16-12-9-13-17-27)39(7)30(48-24(3)41)20-29(23(2)33(39)35(40)49-25(4)42)50-31(44)19-18-26-14-10-8-11-15-26/h8-19,28-30,33-36,43,45,47H,2,20-21H2,1,3-7H3/b19-18+/t28-,29-,30-,33-,34+,35-,36-,39+,40-/m0/s1. The van der Waals surface area contributed by atoms with Gasteiger partial charge in [0.05, 0.1) is 28.1 Å². The van der Waals surface area contributed by atoms with Crippen molar-refractivity contribution in [2.75, 3.05) is 0 Å². The predicted molar refractivity (Wildman–Crippen MR) is 186 cm³/mol. The van der Waals surface area contributed by atoms with E-state index in [0.29, 0.717) is 5.57 Å². The quantitative estimate of drug-likeness (QED) is 0.154. The van der Waals surface area contributed by atoms with E-state index in [2.05, 4.69) is 6.58 Å². The highest BCUT2D eigenvalue weighted by Gasteiger charge is 2.73. The summed E-state index contributed by atoms with van der Waals surface area (Å²) in [5.74, 6) is -4.19. The number of carbonyl (C=O) groups excluding carboxylic acids is 4. The third-order valence-electron chi connectivity index (χ3n) is 10.9. The number of hydrogen-bond donors (Lipinski definition) is 3. The molecule has 0 unspecified atom stereocenters. The topological polar surface area (TPSA) is 166 Å². The van der Waals surface area contributed by atoms with E-state index >= 15 is 0 Å². The summed E-state index contributed by atoms with van der Waals surface area (Å²) in [6.45, 7) is 12.9. The van der Waals surface area contributed by atoms with Gasteiger partial charge in [-0.15, -0.1) is 0 Å². The molecule has 2 fully saturated rings. The number of hydrogen-bond acceptors (Lipinski definition) is 11. The van der Waals surface area contributed by atoms with Gasteiger partial charge in [-0.1, -0.05) is 62.0 Å². The van der Waals surface area contributed by atoms with Crippen LogP contribution in [0.1, 0.15) is 70.3 Å². The third-order valence-corrected chi connectivity index (χ3v) is 10.9. The van der Waals surface area contributed by atoms with Gasteiger partial charge < -0.3 is 34.3 Å². The fourth-order valence-electron chi connectivity index (χ4n) is 8.55. The Morgan fingerprint density at radius 3 is 2.04 bits per heavy atom. The summed E-state index contributed by atoms with van der Waals surface area (Å²) in [4.78, 5) is 53.0. The lowest BCUT2D eigenvalue weighted by molar-refractivity contribution is -0.209. The van der Waals surface area contributed by atoms with Crippen LogP contribution < -0.4 is 0 Å². The smallest absolute Gasteiger partial charge is 0.338 e. The first-order valence-electron chi connectivity index (χ1n) is 17.0. The van der Waals surface area contributed by atoms with Crippen LogP contribution in [0.5, 0.6) is 0 Å². The number of rotatable bonds is 8. The molecular weight excluding hydrogens is 656 g/mol. The van der Waals surface area contributed by atoms with Crippen LogP contribution in [-0.4, -0.2) is 81.4 Å². The molecule has 51 heavy (non-hydrogen) atoms. The Kier molecular flexibility index (Phi) is 10.5. The minimum atomic E-state index is -1.79. The average molecular weight is 703 g/mol. The summed E-state index contributed by atoms with van der Waals surface area (Å²) >= 11 is 0. The van der Waals surface area contributed by atoms with Gasteiger partial charge in [0.2, 0.25) is 0 Å². The molecule has 11 nitrogen and oxygen atoms in total. The van der Waals surface area contributed by atoms with Crippen LogP contribution >= 0.6 is 0 Å².